The Morgan fingerprint density at radius 2 is 1.24 bits per heavy atom. The maximum absolute atomic E-state index is 11.7. The molecule has 0 aromatic heterocycles. The molecule has 0 rings (SSSR count). The lowest BCUT2D eigenvalue weighted by Gasteiger charge is -2.34. The van der Waals surface area contributed by atoms with Crippen molar-refractivity contribution in [2.24, 2.45) is 0 Å². The van der Waals surface area contributed by atoms with Gasteiger partial charge in [0, 0.05) is 6.42 Å². The van der Waals surface area contributed by atoms with Crippen molar-refractivity contribution < 1.29 is 24.9 Å². The fraction of sp³-hybridized carbons (Fsp3) is 0.958. The second-order valence-corrected chi connectivity index (χ2v) is 9.36. The van der Waals surface area contributed by atoms with Crippen molar-refractivity contribution in [3.05, 3.63) is 0 Å². The predicted molar refractivity (Wildman–Crippen MR) is 119 cm³/mol. The Morgan fingerprint density at radius 3 is 1.72 bits per heavy atom. The summed E-state index contributed by atoms with van der Waals surface area (Å²) in [6, 6.07) is 0. The number of esters is 1. The maximum Gasteiger partial charge on any atom is 0.305 e. The van der Waals surface area contributed by atoms with E-state index in [-0.39, 0.29) is 18.7 Å². The van der Waals surface area contributed by atoms with Gasteiger partial charge in [-0.3, -0.25) is 4.79 Å². The minimum absolute atomic E-state index is 0.112. The zero-order chi connectivity index (χ0) is 22.2. The molecule has 0 fully saturated rings. The summed E-state index contributed by atoms with van der Waals surface area (Å²) in [5, 5.41) is 29.9. The van der Waals surface area contributed by atoms with Crippen molar-refractivity contribution in [1.29, 1.82) is 0 Å². The van der Waals surface area contributed by atoms with Crippen LogP contribution in [-0.2, 0) is 9.53 Å². The third kappa shape index (κ3) is 15.8. The van der Waals surface area contributed by atoms with E-state index in [1.165, 1.54) is 65.7 Å². The van der Waals surface area contributed by atoms with Gasteiger partial charge in [0.15, 0.2) is 0 Å². The van der Waals surface area contributed by atoms with E-state index in [4.69, 9.17) is 4.74 Å². The first-order valence-electron chi connectivity index (χ1n) is 11.9. The molecular weight excluding hydrogens is 368 g/mol. The smallest absolute Gasteiger partial charge is 0.305 e. The summed E-state index contributed by atoms with van der Waals surface area (Å²) < 4.78 is 5.09. The molecule has 5 heteroatoms. The van der Waals surface area contributed by atoms with E-state index in [0.29, 0.717) is 6.42 Å². The summed E-state index contributed by atoms with van der Waals surface area (Å²) in [6.07, 6.45) is 15.9. The van der Waals surface area contributed by atoms with Crippen LogP contribution in [0.2, 0.25) is 0 Å². The first-order valence-corrected chi connectivity index (χ1v) is 11.9. The standard InChI is InChI=1S/C24H48O5/c1-5-6-7-14-17-21(25)18-15-12-10-8-9-11-13-16-19-22(26)29-20-24(4,28)23(2,3)27/h21,25,27-28H,5-20H2,1-4H3. The normalized spacial score (nSPS) is 15.1. The molecular formula is C24H48O5. The molecule has 0 aliphatic carbocycles. The highest BCUT2D eigenvalue weighted by atomic mass is 16.5. The molecule has 0 radical (unpaired) electrons. The summed E-state index contributed by atoms with van der Waals surface area (Å²) in [4.78, 5) is 11.7. The van der Waals surface area contributed by atoms with Crippen LogP contribution in [0.25, 0.3) is 0 Å². The molecule has 2 atom stereocenters. The van der Waals surface area contributed by atoms with Crippen LogP contribution in [0, 0.1) is 0 Å². The lowest BCUT2D eigenvalue weighted by molar-refractivity contribution is -0.172. The Labute approximate surface area is 179 Å². The van der Waals surface area contributed by atoms with E-state index < -0.39 is 11.2 Å². The molecule has 0 saturated heterocycles. The van der Waals surface area contributed by atoms with Crippen LogP contribution in [-0.4, -0.2) is 45.2 Å². The Bertz CT molecular complexity index is 401. The Hall–Kier alpha value is -0.650. The molecule has 0 spiro atoms. The first-order chi connectivity index (χ1) is 13.6. The number of carbonyl (C=O) groups excluding carboxylic acids is 1. The van der Waals surface area contributed by atoms with Gasteiger partial charge in [0.05, 0.1) is 11.7 Å². The number of rotatable bonds is 19. The quantitative estimate of drug-likeness (QED) is 0.197. The molecule has 0 bridgehead atoms. The number of ether oxygens (including phenoxy) is 1. The van der Waals surface area contributed by atoms with Crippen LogP contribution in [0.3, 0.4) is 0 Å². The van der Waals surface area contributed by atoms with E-state index >= 15 is 0 Å². The molecule has 174 valence electrons. The fourth-order valence-electron chi connectivity index (χ4n) is 3.13. The third-order valence-corrected chi connectivity index (χ3v) is 5.89. The van der Waals surface area contributed by atoms with Crippen molar-refractivity contribution in [3.8, 4) is 0 Å². The van der Waals surface area contributed by atoms with E-state index in [1.807, 2.05) is 0 Å². The van der Waals surface area contributed by atoms with Crippen molar-refractivity contribution >= 4 is 5.97 Å². The summed E-state index contributed by atoms with van der Waals surface area (Å²) in [5.41, 5.74) is -2.77. The molecule has 0 aromatic carbocycles. The highest BCUT2D eigenvalue weighted by Gasteiger charge is 2.38. The lowest BCUT2D eigenvalue weighted by atomic mass is 9.89. The Kier molecular flexibility index (Phi) is 15.7. The van der Waals surface area contributed by atoms with E-state index in [9.17, 15) is 20.1 Å². The van der Waals surface area contributed by atoms with Crippen LogP contribution >= 0.6 is 0 Å². The highest BCUT2D eigenvalue weighted by molar-refractivity contribution is 5.69. The second-order valence-electron chi connectivity index (χ2n) is 9.36. The van der Waals surface area contributed by atoms with Crippen LogP contribution < -0.4 is 0 Å². The van der Waals surface area contributed by atoms with Crippen LogP contribution in [0.15, 0.2) is 0 Å². The number of hydrogen-bond donors (Lipinski definition) is 3. The van der Waals surface area contributed by atoms with E-state index in [1.54, 1.807) is 0 Å². The minimum atomic E-state index is -1.45. The second kappa shape index (κ2) is 16.1. The summed E-state index contributed by atoms with van der Waals surface area (Å²) >= 11 is 0. The van der Waals surface area contributed by atoms with Crippen molar-refractivity contribution in [3.63, 3.8) is 0 Å². The molecule has 5 nitrogen and oxygen atoms in total. The monoisotopic (exact) mass is 416 g/mol. The molecule has 0 amide bonds. The highest BCUT2D eigenvalue weighted by Crippen LogP contribution is 2.21. The molecule has 2 unspecified atom stereocenters. The molecule has 0 aromatic rings. The van der Waals surface area contributed by atoms with Crippen molar-refractivity contribution in [2.45, 2.75) is 141 Å². The van der Waals surface area contributed by atoms with Gasteiger partial charge in [-0.2, -0.15) is 0 Å². The number of hydrogen-bond acceptors (Lipinski definition) is 5. The van der Waals surface area contributed by atoms with Gasteiger partial charge in [-0.05, 0) is 40.0 Å². The molecule has 0 heterocycles. The summed E-state index contributed by atoms with van der Waals surface area (Å²) in [5.74, 6) is -0.317. The van der Waals surface area contributed by atoms with Crippen molar-refractivity contribution in [1.82, 2.24) is 0 Å². The van der Waals surface area contributed by atoms with Crippen LogP contribution in [0.4, 0.5) is 0 Å². The first kappa shape index (κ1) is 28.4. The zero-order valence-corrected chi connectivity index (χ0v) is 19.5. The Morgan fingerprint density at radius 1 is 0.793 bits per heavy atom. The van der Waals surface area contributed by atoms with E-state index in [2.05, 4.69) is 6.92 Å². The van der Waals surface area contributed by atoms with E-state index in [0.717, 1.165) is 44.9 Å². The maximum atomic E-state index is 11.7. The molecule has 29 heavy (non-hydrogen) atoms. The average molecular weight is 417 g/mol. The molecule has 3 N–H and O–H groups in total. The van der Waals surface area contributed by atoms with Crippen molar-refractivity contribution in [2.75, 3.05) is 6.61 Å². The third-order valence-electron chi connectivity index (χ3n) is 5.89. The zero-order valence-electron chi connectivity index (χ0n) is 19.5. The summed E-state index contributed by atoms with van der Waals surface area (Å²) in [7, 11) is 0. The van der Waals surface area contributed by atoms with Gasteiger partial charge in [0.25, 0.3) is 0 Å². The number of aliphatic hydroxyl groups is 3. The number of aliphatic hydroxyl groups excluding tert-OH is 1. The Balaban J connectivity index is 3.46. The number of carbonyl (C=O) groups is 1. The van der Waals surface area contributed by atoms with Gasteiger partial charge < -0.3 is 20.1 Å². The fourth-order valence-corrected chi connectivity index (χ4v) is 3.13. The predicted octanol–water partition coefficient (Wildman–Crippen LogP) is 5.28. The van der Waals surface area contributed by atoms with Gasteiger partial charge in [-0.25, -0.2) is 0 Å². The van der Waals surface area contributed by atoms with Gasteiger partial charge in [0.1, 0.15) is 12.2 Å². The molecule has 0 aliphatic heterocycles. The minimum Gasteiger partial charge on any atom is -0.462 e. The molecule has 0 saturated carbocycles. The average Bonchev–Trinajstić information content (AvgIpc) is 2.64. The lowest BCUT2D eigenvalue weighted by Crippen LogP contribution is -2.51. The van der Waals surface area contributed by atoms with Gasteiger partial charge in [-0.1, -0.05) is 77.6 Å². The largest absolute Gasteiger partial charge is 0.462 e. The SMILES string of the molecule is CCCCCCC(O)CCCCCCCCCCC(=O)OCC(C)(O)C(C)(C)O. The topological polar surface area (TPSA) is 87.0 Å². The van der Waals surface area contributed by atoms with Gasteiger partial charge >= 0.3 is 5.97 Å². The van der Waals surface area contributed by atoms with Gasteiger partial charge in [-0.15, -0.1) is 0 Å². The molecule has 0 aliphatic rings. The van der Waals surface area contributed by atoms with Crippen LogP contribution in [0.5, 0.6) is 0 Å². The van der Waals surface area contributed by atoms with Gasteiger partial charge in [0.2, 0.25) is 0 Å². The van der Waals surface area contributed by atoms with Crippen LogP contribution in [0.1, 0.15) is 124 Å². The summed E-state index contributed by atoms with van der Waals surface area (Å²) in [6.45, 7) is 6.48. The number of unbranched alkanes of at least 4 members (excludes halogenated alkanes) is 10.